The number of hydrogen-bond acceptors (Lipinski definition) is 14. The van der Waals surface area contributed by atoms with Gasteiger partial charge in [0.05, 0.1) is 35.2 Å². The Hall–Kier alpha value is -7.23. The van der Waals surface area contributed by atoms with Crippen molar-refractivity contribution in [3.8, 4) is 45.8 Å². The van der Waals surface area contributed by atoms with E-state index in [0.29, 0.717) is 51.0 Å². The van der Waals surface area contributed by atoms with Gasteiger partial charge in [0.15, 0.2) is 23.2 Å². The molecule has 382 valence electrons. The molecular weight excluding hydrogens is 919 g/mol. The third-order valence-corrected chi connectivity index (χ3v) is 13.1. The molecule has 4 bridgehead atoms. The van der Waals surface area contributed by atoms with Crippen molar-refractivity contribution in [2.75, 3.05) is 39.9 Å². The highest BCUT2D eigenvalue weighted by Gasteiger charge is 2.37. The zero-order chi connectivity index (χ0) is 51.9. The number of nitrogens with one attached hydrogen (secondary N) is 2. The number of likely N-dealkylation sites (N-methyl/N-ethyl adjacent to an activating group) is 1. The summed E-state index contributed by atoms with van der Waals surface area (Å²) in [5.74, 6) is -2.55. The molecule has 72 heavy (non-hydrogen) atoms. The molecule has 4 aromatic rings. The minimum atomic E-state index is -1.32. The molecule has 1 fully saturated rings. The van der Waals surface area contributed by atoms with Gasteiger partial charge in [-0.2, -0.15) is 5.26 Å². The van der Waals surface area contributed by atoms with E-state index >= 15 is 4.79 Å². The summed E-state index contributed by atoms with van der Waals surface area (Å²) < 4.78 is 18.5. The fourth-order valence-corrected chi connectivity index (χ4v) is 9.44. The number of carbonyl (C=O) groups is 6. The van der Waals surface area contributed by atoms with Gasteiger partial charge in [-0.3, -0.25) is 24.0 Å². The van der Waals surface area contributed by atoms with E-state index < -0.39 is 53.3 Å². The number of Topliss-reactive ketones (excluding diaryl/α,β-unsaturated/α-hetero) is 3. The van der Waals surface area contributed by atoms with E-state index in [1.54, 1.807) is 57.2 Å². The third-order valence-electron chi connectivity index (χ3n) is 13.1. The number of nitrogens with two attached hydrogens (primary N) is 3. The zero-order valence-electron chi connectivity index (χ0n) is 41.7. The molecule has 2 heterocycles. The van der Waals surface area contributed by atoms with Crippen LogP contribution in [0.25, 0.3) is 22.5 Å². The molecule has 1 aromatic heterocycles. The Morgan fingerprint density at radius 3 is 2.15 bits per heavy atom. The summed E-state index contributed by atoms with van der Waals surface area (Å²) in [6.07, 6.45) is 4.98. The Morgan fingerprint density at radius 1 is 0.889 bits per heavy atom. The summed E-state index contributed by atoms with van der Waals surface area (Å²) >= 11 is 0. The zero-order valence-corrected chi connectivity index (χ0v) is 41.7. The summed E-state index contributed by atoms with van der Waals surface area (Å²) in [5, 5.41) is 14.6. The van der Waals surface area contributed by atoms with Gasteiger partial charge in [-0.1, -0.05) is 25.5 Å². The van der Waals surface area contributed by atoms with Crippen LogP contribution in [0.3, 0.4) is 0 Å². The van der Waals surface area contributed by atoms with Crippen LogP contribution >= 0.6 is 0 Å². The lowest BCUT2D eigenvalue weighted by Crippen LogP contribution is -2.46. The average Bonchev–Trinajstić information content (AvgIpc) is 3.36. The van der Waals surface area contributed by atoms with Gasteiger partial charge in [-0.25, -0.2) is 14.8 Å². The minimum absolute atomic E-state index is 0.0309. The Labute approximate surface area is 420 Å². The Morgan fingerprint density at radius 2 is 1.53 bits per heavy atom. The number of nitriles is 1. The number of carbonyl (C=O) groups excluding carboxylic acids is 6. The molecule has 6 rings (SSSR count). The highest BCUT2D eigenvalue weighted by Crippen LogP contribution is 2.41. The van der Waals surface area contributed by atoms with Gasteiger partial charge in [-0.15, -0.1) is 0 Å². The SMILES string of the molecule is Cc1nc(-c2ccc(OC3CCCCC3)cc2)nc(C)c1C(=O)C[C@@H](CCNC(N)=O)C(=O)N(C)[C@@H]1C(=O)C[C@@H](C)C(=O)N[C@H](C(=O)CCC#N)Cc2ccc(OCCN)c(c2)-c2cc1ccc2OCCN. The molecule has 0 saturated heterocycles. The summed E-state index contributed by atoms with van der Waals surface area (Å²) in [6, 6.07) is 16.7. The van der Waals surface area contributed by atoms with Gasteiger partial charge >= 0.3 is 6.03 Å². The van der Waals surface area contributed by atoms with Crippen LogP contribution in [0.15, 0.2) is 60.7 Å². The summed E-state index contributed by atoms with van der Waals surface area (Å²) in [4.78, 5) is 94.4. The predicted molar refractivity (Wildman–Crippen MR) is 270 cm³/mol. The molecule has 8 N–H and O–H groups in total. The van der Waals surface area contributed by atoms with Crippen LogP contribution in [0, 0.1) is 37.0 Å². The van der Waals surface area contributed by atoms with Crippen LogP contribution in [0.4, 0.5) is 4.79 Å². The van der Waals surface area contributed by atoms with E-state index in [0.717, 1.165) is 37.0 Å². The molecule has 0 unspecified atom stereocenters. The van der Waals surface area contributed by atoms with Crippen LogP contribution < -0.4 is 42.0 Å². The number of rotatable bonds is 20. The summed E-state index contributed by atoms with van der Waals surface area (Å²) in [6.45, 7) is 5.57. The number of nitrogens with zero attached hydrogens (tertiary/aromatic N) is 4. The molecule has 1 saturated carbocycles. The molecule has 4 amide bonds. The van der Waals surface area contributed by atoms with Gasteiger partial charge in [0.1, 0.15) is 36.5 Å². The standard InChI is InChI=1S/C54H67N9O9/c1-32-27-46(66)50(37-15-19-48(71-26-23-57)42(30-37)41-28-35(12-18-47(41)70-25-22-56)29-43(62-52(32)67)44(64)11-8-21-55)63(4)53(68)38(20-24-59-54(58)69)31-45(65)49-33(2)60-51(61-34(49)3)36-13-16-40(17-14-36)72-39-9-6-5-7-10-39/h12-19,28,30,32,38-39,43,50H,5-11,20,22-27,29,31,56-57H2,1-4H3,(H,62,67)(H3,58,59,69)/t32-,38-,43+,50+/m1/s1. The summed E-state index contributed by atoms with van der Waals surface area (Å²) in [5.41, 5.74) is 21.0. The second-order valence-corrected chi connectivity index (χ2v) is 18.6. The Kier molecular flexibility index (Phi) is 19.4. The number of hydrogen-bond donors (Lipinski definition) is 5. The maximum absolute atomic E-state index is 15.1. The van der Waals surface area contributed by atoms with Gasteiger partial charge in [-0.05, 0) is 112 Å². The lowest BCUT2D eigenvalue weighted by molar-refractivity contribution is -0.142. The number of fused-ring (bicyclic) bond motifs is 5. The number of aromatic nitrogens is 2. The maximum Gasteiger partial charge on any atom is 0.312 e. The second kappa shape index (κ2) is 25.8. The van der Waals surface area contributed by atoms with Crippen LogP contribution in [0.2, 0.25) is 0 Å². The first kappa shape index (κ1) is 54.1. The molecule has 18 nitrogen and oxygen atoms in total. The van der Waals surface area contributed by atoms with Crippen molar-refractivity contribution in [1.82, 2.24) is 25.5 Å². The van der Waals surface area contributed by atoms with E-state index in [-0.39, 0.29) is 88.8 Å². The van der Waals surface area contributed by atoms with Gasteiger partial charge in [0.2, 0.25) is 11.8 Å². The minimum Gasteiger partial charge on any atom is -0.492 e. The summed E-state index contributed by atoms with van der Waals surface area (Å²) in [7, 11) is 1.45. The topological polar surface area (TPSA) is 285 Å². The monoisotopic (exact) mass is 986 g/mol. The molecule has 0 spiro atoms. The van der Waals surface area contributed by atoms with Crippen molar-refractivity contribution in [2.45, 2.75) is 110 Å². The molecule has 1 aliphatic carbocycles. The smallest absolute Gasteiger partial charge is 0.312 e. The van der Waals surface area contributed by atoms with Gasteiger partial charge in [0, 0.05) is 80.9 Å². The fourth-order valence-electron chi connectivity index (χ4n) is 9.44. The highest BCUT2D eigenvalue weighted by molar-refractivity contribution is 6.01. The first-order chi connectivity index (χ1) is 34.6. The van der Waals surface area contributed by atoms with Crippen molar-refractivity contribution in [2.24, 2.45) is 29.0 Å². The number of urea groups is 1. The molecular formula is C54H67N9O9. The molecule has 3 aromatic carbocycles. The molecule has 2 aliphatic rings. The molecule has 0 radical (unpaired) electrons. The van der Waals surface area contributed by atoms with Crippen molar-refractivity contribution in [1.29, 1.82) is 5.26 Å². The number of benzene rings is 3. The number of ketones is 3. The van der Waals surface area contributed by atoms with Gasteiger partial charge in [0.25, 0.3) is 0 Å². The van der Waals surface area contributed by atoms with E-state index in [1.165, 1.54) is 18.4 Å². The van der Waals surface area contributed by atoms with E-state index in [2.05, 4.69) is 10.6 Å². The normalized spacial score (nSPS) is 17.6. The third kappa shape index (κ3) is 14.0. The van der Waals surface area contributed by atoms with Gasteiger partial charge < -0.3 is 46.9 Å². The van der Waals surface area contributed by atoms with Crippen LogP contribution in [0.1, 0.15) is 110 Å². The Balaban J connectivity index is 1.37. The van der Waals surface area contributed by atoms with E-state index in [1.807, 2.05) is 30.3 Å². The van der Waals surface area contributed by atoms with Crippen LogP contribution in [0.5, 0.6) is 17.2 Å². The van der Waals surface area contributed by atoms with Crippen LogP contribution in [-0.2, 0) is 25.6 Å². The number of ether oxygens (including phenoxy) is 3. The van der Waals surface area contributed by atoms with Crippen LogP contribution in [-0.4, -0.2) is 102 Å². The number of amides is 4. The fraction of sp³-hybridized carbons (Fsp3) is 0.463. The molecule has 18 heteroatoms. The molecule has 1 aliphatic heterocycles. The van der Waals surface area contributed by atoms with Crippen molar-refractivity contribution < 1.29 is 43.0 Å². The largest absolute Gasteiger partial charge is 0.492 e. The highest BCUT2D eigenvalue weighted by atomic mass is 16.5. The first-order valence-electron chi connectivity index (χ1n) is 24.7. The quantitative estimate of drug-likeness (QED) is 0.0658. The predicted octanol–water partition coefficient (Wildman–Crippen LogP) is 5.77. The van der Waals surface area contributed by atoms with Crippen molar-refractivity contribution in [3.05, 3.63) is 88.7 Å². The average molecular weight is 986 g/mol. The second-order valence-electron chi connectivity index (χ2n) is 18.6. The van der Waals surface area contributed by atoms with E-state index in [9.17, 15) is 29.2 Å². The maximum atomic E-state index is 15.1. The van der Waals surface area contributed by atoms with Crippen molar-refractivity contribution >= 4 is 35.2 Å². The van der Waals surface area contributed by atoms with E-state index in [4.69, 9.17) is 41.4 Å². The molecule has 4 atom stereocenters. The lowest BCUT2D eigenvalue weighted by Gasteiger charge is -2.32. The van der Waals surface area contributed by atoms with Crippen molar-refractivity contribution in [3.63, 3.8) is 0 Å². The lowest BCUT2D eigenvalue weighted by atomic mass is 9.88. The first-order valence-corrected chi connectivity index (χ1v) is 24.7. The Bertz CT molecular complexity index is 2620. The number of aryl methyl sites for hydroxylation is 2. The number of primary amides is 1.